The van der Waals surface area contributed by atoms with Gasteiger partial charge in [0.15, 0.2) is 0 Å². The van der Waals surface area contributed by atoms with E-state index in [1.807, 2.05) is 13.8 Å². The second kappa shape index (κ2) is 15.8. The molecule has 0 aliphatic rings. The molecule has 0 bridgehead atoms. The Morgan fingerprint density at radius 3 is 1.97 bits per heavy atom. The molecule has 0 radical (unpaired) electrons. The maximum Gasteiger partial charge on any atom is 0.326 e. The first-order valence-electron chi connectivity index (χ1n) is 12.7. The number of amides is 3. The lowest BCUT2D eigenvalue weighted by Crippen LogP contribution is -2.59. The number of nitrogens with one attached hydrogen (secondary N) is 3. The van der Waals surface area contributed by atoms with Crippen LogP contribution >= 0.6 is 0 Å². The summed E-state index contributed by atoms with van der Waals surface area (Å²) in [6, 6.07) is 2.18. The third-order valence-corrected chi connectivity index (χ3v) is 5.88. The molecule has 37 heavy (non-hydrogen) atoms. The molecule has 0 heterocycles. The molecule has 4 atom stereocenters. The van der Waals surface area contributed by atoms with E-state index in [0.29, 0.717) is 31.4 Å². The van der Waals surface area contributed by atoms with Crippen LogP contribution in [0, 0.1) is 11.8 Å². The van der Waals surface area contributed by atoms with Crippen LogP contribution in [0.25, 0.3) is 0 Å². The highest BCUT2D eigenvalue weighted by molar-refractivity contribution is 5.94. The van der Waals surface area contributed by atoms with Gasteiger partial charge in [-0.25, -0.2) is 4.79 Å². The molecule has 1 aromatic rings. The van der Waals surface area contributed by atoms with Crippen LogP contribution in [0.4, 0.5) is 0 Å². The molecule has 208 valence electrons. The lowest BCUT2D eigenvalue weighted by Gasteiger charge is -2.27. The summed E-state index contributed by atoms with van der Waals surface area (Å²) in [6.45, 7) is 7.72. The summed E-state index contributed by atoms with van der Waals surface area (Å²) < 4.78 is 0. The predicted molar refractivity (Wildman–Crippen MR) is 140 cm³/mol. The van der Waals surface area contributed by atoms with Crippen molar-refractivity contribution in [3.05, 3.63) is 29.8 Å². The molecule has 11 nitrogen and oxygen atoms in total. The molecule has 0 aromatic heterocycles. The van der Waals surface area contributed by atoms with Crippen molar-refractivity contribution in [2.24, 2.45) is 23.3 Å². The van der Waals surface area contributed by atoms with Gasteiger partial charge in [0.05, 0.1) is 6.04 Å². The first-order valence-corrected chi connectivity index (χ1v) is 12.7. The van der Waals surface area contributed by atoms with E-state index >= 15 is 0 Å². The van der Waals surface area contributed by atoms with Gasteiger partial charge in [0.1, 0.15) is 23.9 Å². The van der Waals surface area contributed by atoms with Crippen molar-refractivity contribution in [2.75, 3.05) is 6.54 Å². The van der Waals surface area contributed by atoms with Gasteiger partial charge >= 0.3 is 5.97 Å². The lowest BCUT2D eigenvalue weighted by atomic mass is 9.99. The van der Waals surface area contributed by atoms with Crippen LogP contribution in [-0.4, -0.2) is 64.6 Å². The van der Waals surface area contributed by atoms with Crippen molar-refractivity contribution in [3.63, 3.8) is 0 Å². The van der Waals surface area contributed by atoms with Crippen LogP contribution in [-0.2, 0) is 25.6 Å². The van der Waals surface area contributed by atoms with E-state index in [0.717, 1.165) is 0 Å². The number of carboxylic acid groups (broad SMARTS) is 1. The number of hydrogen-bond donors (Lipinski definition) is 7. The molecule has 0 spiro atoms. The molecule has 3 amide bonds. The summed E-state index contributed by atoms with van der Waals surface area (Å²) in [5.41, 5.74) is 12.1. The van der Waals surface area contributed by atoms with Gasteiger partial charge in [-0.05, 0) is 61.8 Å². The number of phenolic OH excluding ortho intramolecular Hbond substituents is 1. The van der Waals surface area contributed by atoms with E-state index in [1.165, 1.54) is 12.1 Å². The Kier molecular flexibility index (Phi) is 13.6. The molecule has 9 N–H and O–H groups in total. The maximum atomic E-state index is 13.3. The SMILES string of the molecule is CC(C)CC(N)C(=O)NC(Cc1ccc(O)cc1)C(=O)NC(C(=O)NC(CCCCN)C(=O)O)C(C)C. The molecule has 1 aromatic carbocycles. The molecule has 0 fully saturated rings. The Morgan fingerprint density at radius 2 is 1.46 bits per heavy atom. The van der Waals surface area contributed by atoms with Crippen molar-refractivity contribution in [3.8, 4) is 5.75 Å². The summed E-state index contributed by atoms with van der Waals surface area (Å²) in [6.07, 6.45) is 1.89. The van der Waals surface area contributed by atoms with E-state index in [-0.39, 0.29) is 30.4 Å². The van der Waals surface area contributed by atoms with Crippen molar-refractivity contribution in [1.29, 1.82) is 0 Å². The number of carbonyl (C=O) groups excluding carboxylic acids is 3. The Hall–Kier alpha value is -3.18. The molecule has 0 saturated carbocycles. The standard InChI is InChI=1S/C26H43N5O6/c1-15(2)13-19(28)23(33)30-21(14-17-8-10-18(32)11-9-17)24(34)31-22(16(3)4)25(35)29-20(26(36)37)7-5-6-12-27/h8-11,15-16,19-22,32H,5-7,12-14,27-28H2,1-4H3,(H,29,35)(H,30,33)(H,31,34)(H,36,37). The Bertz CT molecular complexity index is 890. The van der Waals surface area contributed by atoms with Gasteiger partial charge in [0.25, 0.3) is 0 Å². The molecular weight excluding hydrogens is 478 g/mol. The van der Waals surface area contributed by atoms with E-state index in [4.69, 9.17) is 11.5 Å². The molecule has 0 aliphatic carbocycles. The normalized spacial score (nSPS) is 14.5. The highest BCUT2D eigenvalue weighted by Crippen LogP contribution is 2.13. The third-order valence-electron chi connectivity index (χ3n) is 5.88. The van der Waals surface area contributed by atoms with E-state index in [9.17, 15) is 29.4 Å². The first-order chi connectivity index (χ1) is 17.3. The van der Waals surface area contributed by atoms with Crippen molar-refractivity contribution in [1.82, 2.24) is 16.0 Å². The molecule has 4 unspecified atom stereocenters. The van der Waals surface area contributed by atoms with Gasteiger partial charge in [-0.3, -0.25) is 14.4 Å². The second-order valence-corrected chi connectivity index (χ2v) is 10.1. The zero-order valence-electron chi connectivity index (χ0n) is 22.2. The second-order valence-electron chi connectivity index (χ2n) is 10.1. The topological polar surface area (TPSA) is 197 Å². The molecule has 0 aliphatic heterocycles. The van der Waals surface area contributed by atoms with E-state index in [1.54, 1.807) is 26.0 Å². The summed E-state index contributed by atoms with van der Waals surface area (Å²) >= 11 is 0. The van der Waals surface area contributed by atoms with Crippen molar-refractivity contribution < 1.29 is 29.4 Å². The minimum atomic E-state index is -1.17. The van der Waals surface area contributed by atoms with Crippen LogP contribution in [0.2, 0.25) is 0 Å². The monoisotopic (exact) mass is 521 g/mol. The van der Waals surface area contributed by atoms with Crippen molar-refractivity contribution >= 4 is 23.7 Å². The van der Waals surface area contributed by atoms with Gasteiger partial charge < -0.3 is 37.6 Å². The van der Waals surface area contributed by atoms with Crippen LogP contribution in [0.1, 0.15) is 58.9 Å². The summed E-state index contributed by atoms with van der Waals surface area (Å²) in [5.74, 6) is -3.04. The van der Waals surface area contributed by atoms with Crippen LogP contribution < -0.4 is 27.4 Å². The fraction of sp³-hybridized carbons (Fsp3) is 0.615. The fourth-order valence-corrected chi connectivity index (χ4v) is 3.77. The fourth-order valence-electron chi connectivity index (χ4n) is 3.77. The quantitative estimate of drug-likeness (QED) is 0.154. The van der Waals surface area contributed by atoms with E-state index < -0.39 is 47.9 Å². The maximum absolute atomic E-state index is 13.3. The smallest absolute Gasteiger partial charge is 0.326 e. The van der Waals surface area contributed by atoms with Gasteiger partial charge in [-0.1, -0.05) is 39.8 Å². The van der Waals surface area contributed by atoms with E-state index in [2.05, 4.69) is 16.0 Å². The average Bonchev–Trinajstić information content (AvgIpc) is 2.81. The Morgan fingerprint density at radius 1 is 0.865 bits per heavy atom. The molecule has 1 rings (SSSR count). The highest BCUT2D eigenvalue weighted by atomic mass is 16.4. The average molecular weight is 522 g/mol. The number of hydrogen-bond acceptors (Lipinski definition) is 7. The number of carbonyl (C=O) groups is 4. The third kappa shape index (κ3) is 11.6. The zero-order valence-corrected chi connectivity index (χ0v) is 22.2. The number of unbranched alkanes of at least 4 members (excludes halogenated alkanes) is 1. The molecular formula is C26H43N5O6. The summed E-state index contributed by atoms with van der Waals surface area (Å²) in [7, 11) is 0. The lowest BCUT2D eigenvalue weighted by molar-refractivity contribution is -0.142. The van der Waals surface area contributed by atoms with Gasteiger partial charge in [-0.15, -0.1) is 0 Å². The van der Waals surface area contributed by atoms with Crippen LogP contribution in [0.5, 0.6) is 5.75 Å². The number of nitrogens with two attached hydrogens (primary N) is 2. The molecule has 0 saturated heterocycles. The number of carboxylic acids is 1. The Balaban J connectivity index is 3.06. The zero-order chi connectivity index (χ0) is 28.1. The van der Waals surface area contributed by atoms with Gasteiger partial charge in [0, 0.05) is 6.42 Å². The minimum Gasteiger partial charge on any atom is -0.508 e. The molecule has 11 heteroatoms. The summed E-state index contributed by atoms with van der Waals surface area (Å²) in [4.78, 5) is 50.7. The number of benzene rings is 1. The predicted octanol–water partition coefficient (Wildman–Crippen LogP) is 0.632. The van der Waals surface area contributed by atoms with Gasteiger partial charge in [-0.2, -0.15) is 0 Å². The van der Waals surface area contributed by atoms with Crippen LogP contribution in [0.3, 0.4) is 0 Å². The minimum absolute atomic E-state index is 0.0590. The number of phenols is 1. The first kappa shape index (κ1) is 31.8. The summed E-state index contributed by atoms with van der Waals surface area (Å²) in [5, 5.41) is 26.9. The highest BCUT2D eigenvalue weighted by Gasteiger charge is 2.32. The van der Waals surface area contributed by atoms with Crippen molar-refractivity contribution in [2.45, 2.75) is 84.0 Å². The number of aliphatic carboxylic acids is 1. The van der Waals surface area contributed by atoms with Crippen LogP contribution in [0.15, 0.2) is 24.3 Å². The Labute approximate surface area is 218 Å². The largest absolute Gasteiger partial charge is 0.508 e. The van der Waals surface area contributed by atoms with Gasteiger partial charge in [0.2, 0.25) is 17.7 Å². The number of aromatic hydroxyl groups is 1. The number of rotatable bonds is 16.